The topological polar surface area (TPSA) is 93.4 Å². The fourth-order valence-corrected chi connectivity index (χ4v) is 2.55. The van der Waals surface area contributed by atoms with Gasteiger partial charge in [0.1, 0.15) is 5.75 Å². The molecule has 1 aliphatic carbocycles. The molecule has 1 saturated carbocycles. The maximum absolute atomic E-state index is 11.6. The van der Waals surface area contributed by atoms with Gasteiger partial charge in [-0.15, -0.1) is 0 Å². The number of rotatable bonds is 5. The molecule has 7 heteroatoms. The van der Waals surface area contributed by atoms with Gasteiger partial charge >= 0.3 is 0 Å². The third kappa shape index (κ3) is 3.24. The summed E-state index contributed by atoms with van der Waals surface area (Å²) in [7, 11) is -2.03. The number of nitrogen functional groups attached to an aromatic ring is 1. The summed E-state index contributed by atoms with van der Waals surface area (Å²) in [5.41, 5.74) is 6.52. The molecule has 4 N–H and O–H groups in total. The Hall–Kier alpha value is -1.47. The fraction of sp³-hybridized carbons (Fsp3) is 0.400. The molecule has 2 rings (SSSR count). The van der Waals surface area contributed by atoms with Crippen LogP contribution < -0.4 is 19.9 Å². The average Bonchev–Trinajstić information content (AvgIpc) is 3.03. The van der Waals surface area contributed by atoms with Crippen LogP contribution in [0.3, 0.4) is 0 Å². The van der Waals surface area contributed by atoms with Crippen molar-refractivity contribution in [3.8, 4) is 5.75 Å². The van der Waals surface area contributed by atoms with Gasteiger partial charge in [0.2, 0.25) is 0 Å². The number of nitrogens with two attached hydrogens (primary N) is 1. The van der Waals surface area contributed by atoms with Crippen molar-refractivity contribution in [2.45, 2.75) is 18.9 Å². The zero-order valence-corrected chi connectivity index (χ0v) is 10.3. The Balaban J connectivity index is 2.12. The van der Waals surface area contributed by atoms with E-state index in [1.165, 1.54) is 7.11 Å². The third-order valence-electron chi connectivity index (χ3n) is 2.38. The highest BCUT2D eigenvalue weighted by molar-refractivity contribution is 7.90. The van der Waals surface area contributed by atoms with E-state index < -0.39 is 10.2 Å². The van der Waals surface area contributed by atoms with Crippen LogP contribution in [-0.4, -0.2) is 21.6 Å². The maximum Gasteiger partial charge on any atom is 0.299 e. The average molecular weight is 257 g/mol. The van der Waals surface area contributed by atoms with Gasteiger partial charge in [-0.1, -0.05) is 0 Å². The molecule has 0 aromatic heterocycles. The number of benzene rings is 1. The van der Waals surface area contributed by atoms with Gasteiger partial charge in [-0.25, -0.2) is 0 Å². The summed E-state index contributed by atoms with van der Waals surface area (Å²) in [6.07, 6.45) is 1.79. The molecule has 0 radical (unpaired) electrons. The Labute approximate surface area is 100 Å². The molecular formula is C10H15N3O3S. The van der Waals surface area contributed by atoms with Crippen molar-refractivity contribution in [2.75, 3.05) is 17.6 Å². The summed E-state index contributed by atoms with van der Waals surface area (Å²) in [6.45, 7) is 0. The van der Waals surface area contributed by atoms with E-state index in [1.54, 1.807) is 18.2 Å². The molecular weight excluding hydrogens is 242 g/mol. The van der Waals surface area contributed by atoms with Crippen LogP contribution in [0.15, 0.2) is 18.2 Å². The molecule has 6 nitrogen and oxygen atoms in total. The molecule has 0 saturated heterocycles. The smallest absolute Gasteiger partial charge is 0.299 e. The fourth-order valence-electron chi connectivity index (χ4n) is 1.38. The first-order valence-corrected chi connectivity index (χ1v) is 6.72. The van der Waals surface area contributed by atoms with Gasteiger partial charge in [-0.3, -0.25) is 4.72 Å². The normalized spacial score (nSPS) is 15.6. The number of methoxy groups -OCH3 is 1. The number of ether oxygens (including phenoxy) is 1. The van der Waals surface area contributed by atoms with Crippen LogP contribution in [0.5, 0.6) is 5.75 Å². The van der Waals surface area contributed by atoms with Gasteiger partial charge in [0, 0.05) is 12.1 Å². The third-order valence-corrected chi connectivity index (χ3v) is 3.53. The van der Waals surface area contributed by atoms with Crippen molar-refractivity contribution in [3.05, 3.63) is 18.2 Å². The molecule has 1 fully saturated rings. The number of hydrogen-bond acceptors (Lipinski definition) is 4. The Morgan fingerprint density at radius 2 is 2.12 bits per heavy atom. The van der Waals surface area contributed by atoms with Crippen molar-refractivity contribution in [3.63, 3.8) is 0 Å². The minimum absolute atomic E-state index is 0.0724. The van der Waals surface area contributed by atoms with Crippen LogP contribution in [-0.2, 0) is 10.2 Å². The molecule has 0 heterocycles. The predicted molar refractivity (Wildman–Crippen MR) is 66.1 cm³/mol. The zero-order valence-electron chi connectivity index (χ0n) is 9.43. The highest BCUT2D eigenvalue weighted by Crippen LogP contribution is 2.26. The molecule has 0 aliphatic heterocycles. The Morgan fingerprint density at radius 1 is 1.41 bits per heavy atom. The molecule has 94 valence electrons. The van der Waals surface area contributed by atoms with Crippen molar-refractivity contribution in [1.29, 1.82) is 0 Å². The molecule has 1 aliphatic rings. The quantitative estimate of drug-likeness (QED) is 0.676. The largest absolute Gasteiger partial charge is 0.495 e. The summed E-state index contributed by atoms with van der Waals surface area (Å²) in [5.74, 6) is 0.441. The van der Waals surface area contributed by atoms with Gasteiger partial charge in [0.25, 0.3) is 10.2 Å². The van der Waals surface area contributed by atoms with Crippen molar-refractivity contribution < 1.29 is 13.2 Å². The molecule has 0 spiro atoms. The van der Waals surface area contributed by atoms with Gasteiger partial charge in [-0.2, -0.15) is 13.1 Å². The van der Waals surface area contributed by atoms with Crippen LogP contribution in [0.1, 0.15) is 12.8 Å². The molecule has 0 atom stereocenters. The summed E-state index contributed by atoms with van der Waals surface area (Å²) in [6, 6.07) is 4.79. The van der Waals surface area contributed by atoms with E-state index >= 15 is 0 Å². The lowest BCUT2D eigenvalue weighted by molar-refractivity contribution is 0.417. The Kier molecular flexibility index (Phi) is 3.12. The minimum atomic E-state index is -3.51. The second-order valence-electron chi connectivity index (χ2n) is 3.95. The zero-order chi connectivity index (χ0) is 12.5. The Bertz CT molecular complexity index is 512. The highest BCUT2D eigenvalue weighted by atomic mass is 32.2. The van der Waals surface area contributed by atoms with Crippen LogP contribution in [0.2, 0.25) is 0 Å². The second-order valence-corrected chi connectivity index (χ2v) is 5.40. The van der Waals surface area contributed by atoms with Crippen molar-refractivity contribution in [2.24, 2.45) is 0 Å². The maximum atomic E-state index is 11.6. The first kappa shape index (κ1) is 12.0. The highest BCUT2D eigenvalue weighted by Gasteiger charge is 2.26. The van der Waals surface area contributed by atoms with Gasteiger partial charge < -0.3 is 10.5 Å². The second kappa shape index (κ2) is 4.42. The van der Waals surface area contributed by atoms with Gasteiger partial charge in [0.15, 0.2) is 0 Å². The van der Waals surface area contributed by atoms with Crippen LogP contribution in [0.4, 0.5) is 11.4 Å². The van der Waals surface area contributed by atoms with E-state index in [-0.39, 0.29) is 6.04 Å². The van der Waals surface area contributed by atoms with E-state index in [9.17, 15) is 8.42 Å². The summed E-state index contributed by atoms with van der Waals surface area (Å²) in [5, 5.41) is 0. The summed E-state index contributed by atoms with van der Waals surface area (Å²) < 4.78 is 33.2. The van der Waals surface area contributed by atoms with Gasteiger partial charge in [-0.05, 0) is 25.0 Å². The van der Waals surface area contributed by atoms with Crippen LogP contribution in [0.25, 0.3) is 0 Å². The first-order valence-electron chi connectivity index (χ1n) is 5.24. The number of nitrogens with one attached hydrogen (secondary N) is 2. The lowest BCUT2D eigenvalue weighted by atomic mass is 10.3. The molecule has 1 aromatic rings. The SMILES string of the molecule is COc1cc(NS(=O)(=O)NC2CC2)ccc1N. The van der Waals surface area contributed by atoms with E-state index in [4.69, 9.17) is 10.5 Å². The molecule has 1 aromatic carbocycles. The lowest BCUT2D eigenvalue weighted by Crippen LogP contribution is -2.31. The van der Waals surface area contributed by atoms with Crippen LogP contribution in [0, 0.1) is 0 Å². The van der Waals surface area contributed by atoms with Crippen LogP contribution >= 0.6 is 0 Å². The minimum Gasteiger partial charge on any atom is -0.495 e. The lowest BCUT2D eigenvalue weighted by Gasteiger charge is -2.10. The molecule has 0 bridgehead atoms. The summed E-state index contributed by atoms with van der Waals surface area (Å²) in [4.78, 5) is 0. The molecule has 17 heavy (non-hydrogen) atoms. The first-order chi connectivity index (χ1) is 8.00. The van der Waals surface area contributed by atoms with E-state index in [2.05, 4.69) is 9.44 Å². The number of hydrogen-bond donors (Lipinski definition) is 3. The Morgan fingerprint density at radius 3 is 2.71 bits per heavy atom. The monoisotopic (exact) mass is 257 g/mol. The van der Waals surface area contributed by atoms with E-state index in [1.807, 2.05) is 0 Å². The molecule has 0 amide bonds. The predicted octanol–water partition coefficient (Wildman–Crippen LogP) is 0.686. The van der Waals surface area contributed by atoms with Crippen molar-refractivity contribution >= 4 is 21.6 Å². The number of anilines is 2. The summed E-state index contributed by atoms with van der Waals surface area (Å²) >= 11 is 0. The molecule has 0 unspecified atom stereocenters. The van der Waals surface area contributed by atoms with E-state index in [0.29, 0.717) is 17.1 Å². The standard InChI is InChI=1S/C10H15N3O3S/c1-16-10-6-8(4-5-9(10)11)13-17(14,15)12-7-2-3-7/h4-7,12-13H,2-3,11H2,1H3. The van der Waals surface area contributed by atoms with E-state index in [0.717, 1.165) is 12.8 Å². The van der Waals surface area contributed by atoms with Crippen molar-refractivity contribution in [1.82, 2.24) is 4.72 Å². The van der Waals surface area contributed by atoms with Gasteiger partial charge in [0.05, 0.1) is 18.5 Å².